The zero-order valence-electron chi connectivity index (χ0n) is 11.4. The topological polar surface area (TPSA) is 79.6 Å². The number of carboxylic acids is 1. The molecule has 20 heavy (non-hydrogen) atoms. The molecule has 1 aromatic heterocycles. The Hall–Kier alpha value is -2.11. The molecule has 0 spiro atoms. The standard InChI is InChI=1S/C14H18N2O4/c1-15-7-6-10(8-12(15)17)14(20)16(9-13(18)19)11-4-2-3-5-11/h6-8,11H,2-5,9H2,1H3,(H,18,19). The van der Waals surface area contributed by atoms with Crippen LogP contribution in [0.2, 0.25) is 0 Å². The minimum absolute atomic E-state index is 0.0392. The largest absolute Gasteiger partial charge is 0.480 e. The Morgan fingerprint density at radius 1 is 1.40 bits per heavy atom. The molecular weight excluding hydrogens is 260 g/mol. The molecule has 108 valence electrons. The fourth-order valence-corrected chi connectivity index (χ4v) is 2.58. The number of pyridine rings is 1. The molecule has 0 aliphatic heterocycles. The molecule has 0 radical (unpaired) electrons. The van der Waals surface area contributed by atoms with Crippen LogP contribution in [0.1, 0.15) is 36.0 Å². The van der Waals surface area contributed by atoms with Crippen LogP contribution < -0.4 is 5.56 Å². The molecule has 2 rings (SSSR count). The van der Waals surface area contributed by atoms with Gasteiger partial charge in [0.1, 0.15) is 6.54 Å². The predicted octanol–water partition coefficient (Wildman–Crippen LogP) is 0.855. The first-order valence-corrected chi connectivity index (χ1v) is 6.68. The third kappa shape index (κ3) is 3.07. The van der Waals surface area contributed by atoms with Gasteiger partial charge < -0.3 is 14.6 Å². The highest BCUT2D eigenvalue weighted by Gasteiger charge is 2.29. The smallest absolute Gasteiger partial charge is 0.323 e. The van der Waals surface area contributed by atoms with Gasteiger partial charge in [0.15, 0.2) is 0 Å². The molecule has 1 N–H and O–H groups in total. The average Bonchev–Trinajstić information content (AvgIpc) is 2.92. The summed E-state index contributed by atoms with van der Waals surface area (Å²) in [4.78, 5) is 36.4. The maximum atomic E-state index is 12.4. The van der Waals surface area contributed by atoms with Gasteiger partial charge in [-0.3, -0.25) is 14.4 Å². The van der Waals surface area contributed by atoms with Gasteiger partial charge in [-0.2, -0.15) is 0 Å². The number of hydrogen-bond donors (Lipinski definition) is 1. The van der Waals surface area contributed by atoms with Crippen LogP contribution in [0.5, 0.6) is 0 Å². The molecule has 1 amide bonds. The number of carboxylic acid groups (broad SMARTS) is 1. The Morgan fingerprint density at radius 2 is 2.05 bits per heavy atom. The van der Waals surface area contributed by atoms with Gasteiger partial charge in [-0.15, -0.1) is 0 Å². The second-order valence-electron chi connectivity index (χ2n) is 5.13. The third-order valence-electron chi connectivity index (χ3n) is 3.68. The fraction of sp³-hybridized carbons (Fsp3) is 0.500. The summed E-state index contributed by atoms with van der Waals surface area (Å²) in [6.45, 7) is -0.321. The molecule has 0 saturated heterocycles. The van der Waals surface area contributed by atoms with E-state index in [1.54, 1.807) is 13.1 Å². The first-order valence-electron chi connectivity index (χ1n) is 6.68. The van der Waals surface area contributed by atoms with Crippen LogP contribution in [0, 0.1) is 0 Å². The van der Waals surface area contributed by atoms with Gasteiger partial charge in [-0.05, 0) is 18.9 Å². The van der Waals surface area contributed by atoms with Crippen LogP contribution in [0.15, 0.2) is 23.1 Å². The molecule has 1 saturated carbocycles. The van der Waals surface area contributed by atoms with Crippen molar-refractivity contribution in [2.75, 3.05) is 6.54 Å². The summed E-state index contributed by atoms with van der Waals surface area (Å²) in [6.07, 6.45) is 5.17. The first-order chi connectivity index (χ1) is 9.49. The number of carbonyl (C=O) groups is 2. The average molecular weight is 278 g/mol. The van der Waals surface area contributed by atoms with Gasteiger partial charge >= 0.3 is 5.97 Å². The van der Waals surface area contributed by atoms with Gasteiger partial charge in [-0.25, -0.2) is 0 Å². The van der Waals surface area contributed by atoms with Gasteiger partial charge in [0.2, 0.25) is 0 Å². The zero-order valence-corrected chi connectivity index (χ0v) is 11.4. The molecule has 1 heterocycles. The van der Waals surface area contributed by atoms with Gasteiger partial charge in [-0.1, -0.05) is 12.8 Å². The number of nitrogens with zero attached hydrogens (tertiary/aromatic N) is 2. The number of aromatic nitrogens is 1. The Labute approximate surface area is 116 Å². The van der Waals surface area contributed by atoms with E-state index in [1.807, 2.05) is 0 Å². The lowest BCUT2D eigenvalue weighted by Crippen LogP contribution is -2.42. The monoisotopic (exact) mass is 278 g/mol. The second kappa shape index (κ2) is 5.90. The number of aliphatic carboxylic acids is 1. The van der Waals surface area contributed by atoms with Crippen molar-refractivity contribution in [3.05, 3.63) is 34.2 Å². The van der Waals surface area contributed by atoms with Crippen molar-refractivity contribution in [2.24, 2.45) is 7.05 Å². The molecule has 1 aromatic rings. The SMILES string of the molecule is Cn1ccc(C(=O)N(CC(=O)O)C2CCCC2)cc1=O. The van der Waals surface area contributed by atoms with Crippen molar-refractivity contribution >= 4 is 11.9 Å². The number of rotatable bonds is 4. The Kier molecular flexibility index (Phi) is 4.22. The molecule has 1 fully saturated rings. The van der Waals surface area contributed by atoms with Crippen molar-refractivity contribution in [1.82, 2.24) is 9.47 Å². The van der Waals surface area contributed by atoms with E-state index in [0.717, 1.165) is 25.7 Å². The zero-order chi connectivity index (χ0) is 14.7. The molecule has 0 aromatic carbocycles. The molecule has 1 aliphatic carbocycles. The van der Waals surface area contributed by atoms with E-state index in [4.69, 9.17) is 5.11 Å². The first kappa shape index (κ1) is 14.3. The van der Waals surface area contributed by atoms with Crippen molar-refractivity contribution in [1.29, 1.82) is 0 Å². The summed E-state index contributed by atoms with van der Waals surface area (Å²) in [6, 6.07) is 2.77. The molecular formula is C14H18N2O4. The van der Waals surface area contributed by atoms with Crippen LogP contribution in [0.4, 0.5) is 0 Å². The number of hydrogen-bond acceptors (Lipinski definition) is 3. The summed E-state index contributed by atoms with van der Waals surface area (Å²) in [7, 11) is 1.60. The molecule has 0 bridgehead atoms. The lowest BCUT2D eigenvalue weighted by molar-refractivity contribution is -0.138. The highest BCUT2D eigenvalue weighted by Crippen LogP contribution is 2.24. The Bertz CT molecular complexity index is 573. The van der Waals surface area contributed by atoms with Crippen LogP contribution in [-0.4, -0.2) is 39.0 Å². The summed E-state index contributed by atoms with van der Waals surface area (Å²) in [5.41, 5.74) is -0.0289. The Morgan fingerprint density at radius 3 is 2.60 bits per heavy atom. The normalized spacial score (nSPS) is 15.2. The van der Waals surface area contributed by atoms with E-state index in [1.165, 1.54) is 21.7 Å². The van der Waals surface area contributed by atoms with Crippen molar-refractivity contribution in [2.45, 2.75) is 31.7 Å². The van der Waals surface area contributed by atoms with Gasteiger partial charge in [0.05, 0.1) is 0 Å². The molecule has 0 atom stereocenters. The minimum Gasteiger partial charge on any atom is -0.480 e. The summed E-state index contributed by atoms with van der Waals surface area (Å²) >= 11 is 0. The predicted molar refractivity (Wildman–Crippen MR) is 72.6 cm³/mol. The summed E-state index contributed by atoms with van der Waals surface area (Å²) in [5.74, 6) is -1.41. The van der Waals surface area contributed by atoms with Crippen LogP contribution in [-0.2, 0) is 11.8 Å². The number of amides is 1. The van der Waals surface area contributed by atoms with E-state index < -0.39 is 5.97 Å². The highest BCUT2D eigenvalue weighted by molar-refractivity contribution is 5.95. The molecule has 1 aliphatic rings. The second-order valence-corrected chi connectivity index (χ2v) is 5.13. The van der Waals surface area contributed by atoms with Gasteiger partial charge in [0.25, 0.3) is 11.5 Å². The van der Waals surface area contributed by atoms with Crippen molar-refractivity contribution in [3.63, 3.8) is 0 Å². The third-order valence-corrected chi connectivity index (χ3v) is 3.68. The van der Waals surface area contributed by atoms with E-state index in [2.05, 4.69) is 0 Å². The lowest BCUT2D eigenvalue weighted by Gasteiger charge is -2.27. The summed E-state index contributed by atoms with van der Waals surface area (Å²) < 4.78 is 1.37. The van der Waals surface area contributed by atoms with E-state index in [9.17, 15) is 14.4 Å². The van der Waals surface area contributed by atoms with E-state index >= 15 is 0 Å². The number of aryl methyl sites for hydroxylation is 1. The Balaban J connectivity index is 2.26. The molecule has 6 nitrogen and oxygen atoms in total. The summed E-state index contributed by atoms with van der Waals surface area (Å²) in [5, 5.41) is 8.98. The minimum atomic E-state index is -1.03. The molecule has 6 heteroatoms. The molecule has 0 unspecified atom stereocenters. The van der Waals surface area contributed by atoms with Crippen molar-refractivity contribution < 1.29 is 14.7 Å². The number of carbonyl (C=O) groups excluding carboxylic acids is 1. The fourth-order valence-electron chi connectivity index (χ4n) is 2.58. The van der Waals surface area contributed by atoms with Gasteiger partial charge in [0, 0.05) is 30.9 Å². The van der Waals surface area contributed by atoms with E-state index in [-0.39, 0.29) is 29.6 Å². The maximum absolute atomic E-state index is 12.4. The van der Waals surface area contributed by atoms with Crippen LogP contribution in [0.3, 0.4) is 0 Å². The van der Waals surface area contributed by atoms with Crippen molar-refractivity contribution in [3.8, 4) is 0 Å². The van der Waals surface area contributed by atoms with E-state index in [0.29, 0.717) is 0 Å². The highest BCUT2D eigenvalue weighted by atomic mass is 16.4. The quantitative estimate of drug-likeness (QED) is 0.885. The lowest BCUT2D eigenvalue weighted by atomic mass is 10.1. The van der Waals surface area contributed by atoms with Crippen LogP contribution >= 0.6 is 0 Å². The maximum Gasteiger partial charge on any atom is 0.323 e. The van der Waals surface area contributed by atoms with Crippen LogP contribution in [0.25, 0.3) is 0 Å².